The molecule has 2 atom stereocenters. The highest BCUT2D eigenvalue weighted by molar-refractivity contribution is 5.81. The van der Waals surface area contributed by atoms with Crippen molar-refractivity contribution < 1.29 is 4.79 Å². The van der Waals surface area contributed by atoms with Crippen molar-refractivity contribution in [3.63, 3.8) is 0 Å². The smallest absolute Gasteiger partial charge is 0.226 e. The molecule has 2 heteroatoms. The van der Waals surface area contributed by atoms with Gasteiger partial charge in [-0.1, -0.05) is 37.3 Å². The molecule has 0 aliphatic carbocycles. The Morgan fingerprint density at radius 2 is 1.93 bits per heavy atom. The van der Waals surface area contributed by atoms with Gasteiger partial charge in [0, 0.05) is 18.5 Å². The van der Waals surface area contributed by atoms with Crippen molar-refractivity contribution in [1.29, 1.82) is 0 Å². The molecule has 0 saturated carbocycles. The van der Waals surface area contributed by atoms with Gasteiger partial charge in [0.25, 0.3) is 0 Å². The quantitative estimate of drug-likeness (QED) is 0.723. The van der Waals surface area contributed by atoms with Crippen molar-refractivity contribution in [2.45, 2.75) is 32.9 Å². The number of benzene rings is 1. The first-order chi connectivity index (χ1) is 7.18. The minimum absolute atomic E-state index is 0.198. The van der Waals surface area contributed by atoms with Crippen LogP contribution >= 0.6 is 0 Å². The van der Waals surface area contributed by atoms with E-state index >= 15 is 0 Å². The zero-order valence-electron chi connectivity index (χ0n) is 9.31. The van der Waals surface area contributed by atoms with E-state index in [2.05, 4.69) is 19.1 Å². The van der Waals surface area contributed by atoms with E-state index < -0.39 is 0 Å². The van der Waals surface area contributed by atoms with Crippen LogP contribution in [0.3, 0.4) is 0 Å². The number of nitrogens with zero attached hydrogens (tertiary/aromatic N) is 1. The Morgan fingerprint density at radius 1 is 1.27 bits per heavy atom. The third-order valence-electron chi connectivity index (χ3n) is 3.13. The van der Waals surface area contributed by atoms with Crippen LogP contribution in [0.1, 0.15) is 25.8 Å². The molecule has 1 fully saturated rings. The van der Waals surface area contributed by atoms with E-state index in [1.807, 2.05) is 30.0 Å². The standard InChI is InChI=1S/C13H17NO/c1-10-8-11(2)14(13(10)15)9-12-6-4-3-5-7-12/h3-7,10-11H,8-9H2,1-2H3/t10-,11-/m1/s1. The van der Waals surface area contributed by atoms with Crippen molar-refractivity contribution in [2.75, 3.05) is 0 Å². The maximum Gasteiger partial charge on any atom is 0.226 e. The monoisotopic (exact) mass is 203 g/mol. The van der Waals surface area contributed by atoms with Gasteiger partial charge in [-0.25, -0.2) is 0 Å². The lowest BCUT2D eigenvalue weighted by atomic mass is 10.1. The Hall–Kier alpha value is -1.31. The Labute approximate surface area is 90.9 Å². The molecule has 0 spiro atoms. The van der Waals surface area contributed by atoms with Gasteiger partial charge < -0.3 is 4.90 Å². The lowest BCUT2D eigenvalue weighted by molar-refractivity contribution is -0.132. The second kappa shape index (κ2) is 4.05. The molecule has 2 nitrogen and oxygen atoms in total. The number of carbonyl (C=O) groups excluding carboxylic acids is 1. The fourth-order valence-electron chi connectivity index (χ4n) is 2.25. The lowest BCUT2D eigenvalue weighted by Gasteiger charge is -2.21. The summed E-state index contributed by atoms with van der Waals surface area (Å²) < 4.78 is 0. The normalized spacial score (nSPS) is 26.0. The van der Waals surface area contributed by atoms with Gasteiger partial charge >= 0.3 is 0 Å². The van der Waals surface area contributed by atoms with E-state index in [-0.39, 0.29) is 5.92 Å². The Morgan fingerprint density at radius 3 is 2.47 bits per heavy atom. The lowest BCUT2D eigenvalue weighted by Crippen LogP contribution is -2.31. The van der Waals surface area contributed by atoms with Crippen LogP contribution in [0.2, 0.25) is 0 Å². The zero-order valence-corrected chi connectivity index (χ0v) is 9.31. The Balaban J connectivity index is 2.09. The van der Waals surface area contributed by atoms with Gasteiger partial charge in [-0.3, -0.25) is 4.79 Å². The van der Waals surface area contributed by atoms with Crippen molar-refractivity contribution in [2.24, 2.45) is 5.92 Å². The number of amides is 1. The summed E-state index contributed by atoms with van der Waals surface area (Å²) in [7, 11) is 0. The highest BCUT2D eigenvalue weighted by atomic mass is 16.2. The molecule has 1 heterocycles. The molecule has 0 bridgehead atoms. The molecule has 1 aliphatic heterocycles. The van der Waals surface area contributed by atoms with E-state index in [9.17, 15) is 4.79 Å². The van der Waals surface area contributed by atoms with E-state index in [1.165, 1.54) is 5.56 Å². The van der Waals surface area contributed by atoms with Crippen molar-refractivity contribution in [3.8, 4) is 0 Å². The van der Waals surface area contributed by atoms with E-state index in [4.69, 9.17) is 0 Å². The minimum atomic E-state index is 0.198. The molecule has 0 N–H and O–H groups in total. The first-order valence-corrected chi connectivity index (χ1v) is 5.53. The highest BCUT2D eigenvalue weighted by Crippen LogP contribution is 2.25. The van der Waals surface area contributed by atoms with Crippen LogP contribution < -0.4 is 0 Å². The molecule has 0 aromatic heterocycles. The third kappa shape index (κ3) is 2.04. The van der Waals surface area contributed by atoms with Crippen LogP contribution in [0, 0.1) is 5.92 Å². The molecule has 1 amide bonds. The number of rotatable bonds is 2. The highest BCUT2D eigenvalue weighted by Gasteiger charge is 2.33. The first-order valence-electron chi connectivity index (χ1n) is 5.53. The SMILES string of the molecule is C[C@@H]1C[C@@H](C)N(Cc2ccccc2)C1=O. The van der Waals surface area contributed by atoms with Gasteiger partial charge in [-0.15, -0.1) is 0 Å². The summed E-state index contributed by atoms with van der Waals surface area (Å²) in [5.41, 5.74) is 1.21. The van der Waals surface area contributed by atoms with Gasteiger partial charge in [-0.2, -0.15) is 0 Å². The van der Waals surface area contributed by atoms with Crippen molar-refractivity contribution in [3.05, 3.63) is 35.9 Å². The predicted octanol–water partition coefficient (Wildman–Crippen LogP) is 2.44. The van der Waals surface area contributed by atoms with Crippen LogP contribution in [0.5, 0.6) is 0 Å². The summed E-state index contributed by atoms with van der Waals surface area (Å²) in [6, 6.07) is 10.6. The maximum absolute atomic E-state index is 11.8. The predicted molar refractivity (Wildman–Crippen MR) is 60.2 cm³/mol. The minimum Gasteiger partial charge on any atom is -0.335 e. The second-order valence-corrected chi connectivity index (χ2v) is 4.44. The summed E-state index contributed by atoms with van der Waals surface area (Å²) in [6.07, 6.45) is 0.992. The molecule has 0 radical (unpaired) electrons. The maximum atomic E-state index is 11.8. The summed E-state index contributed by atoms with van der Waals surface area (Å²) in [5, 5.41) is 0. The summed E-state index contributed by atoms with van der Waals surface area (Å²) in [5.74, 6) is 0.495. The van der Waals surface area contributed by atoms with Crippen LogP contribution in [-0.2, 0) is 11.3 Å². The topological polar surface area (TPSA) is 20.3 Å². The third-order valence-corrected chi connectivity index (χ3v) is 3.13. The van der Waals surface area contributed by atoms with Gasteiger partial charge in [-0.05, 0) is 18.9 Å². The largest absolute Gasteiger partial charge is 0.335 e. The average molecular weight is 203 g/mol. The number of carbonyl (C=O) groups is 1. The van der Waals surface area contributed by atoms with Crippen LogP contribution in [-0.4, -0.2) is 16.8 Å². The first kappa shape index (κ1) is 10.2. The van der Waals surface area contributed by atoms with E-state index in [1.54, 1.807) is 0 Å². The molecule has 80 valence electrons. The van der Waals surface area contributed by atoms with Crippen molar-refractivity contribution in [1.82, 2.24) is 4.90 Å². The molecule has 2 rings (SSSR count). The fourth-order valence-corrected chi connectivity index (χ4v) is 2.25. The Bertz CT molecular complexity index is 347. The Kier molecular flexibility index (Phi) is 2.76. The van der Waals surface area contributed by atoms with Crippen LogP contribution in [0.4, 0.5) is 0 Å². The second-order valence-electron chi connectivity index (χ2n) is 4.44. The van der Waals surface area contributed by atoms with Crippen LogP contribution in [0.15, 0.2) is 30.3 Å². The molecular formula is C13H17NO. The molecule has 0 unspecified atom stereocenters. The summed E-state index contributed by atoms with van der Waals surface area (Å²) in [6.45, 7) is 4.90. The van der Waals surface area contributed by atoms with Gasteiger partial charge in [0.05, 0.1) is 0 Å². The zero-order chi connectivity index (χ0) is 10.8. The number of likely N-dealkylation sites (tertiary alicyclic amines) is 1. The molecular weight excluding hydrogens is 186 g/mol. The summed E-state index contributed by atoms with van der Waals surface area (Å²) >= 11 is 0. The number of hydrogen-bond acceptors (Lipinski definition) is 1. The molecule has 1 aliphatic rings. The molecule has 15 heavy (non-hydrogen) atoms. The van der Waals surface area contributed by atoms with Gasteiger partial charge in [0.2, 0.25) is 5.91 Å². The van der Waals surface area contributed by atoms with Crippen molar-refractivity contribution >= 4 is 5.91 Å². The fraction of sp³-hybridized carbons (Fsp3) is 0.462. The average Bonchev–Trinajstić information content (AvgIpc) is 2.47. The van der Waals surface area contributed by atoms with Gasteiger partial charge in [0.1, 0.15) is 0 Å². The number of hydrogen-bond donors (Lipinski definition) is 0. The molecule has 1 aromatic carbocycles. The van der Waals surface area contributed by atoms with Gasteiger partial charge in [0.15, 0.2) is 0 Å². The van der Waals surface area contributed by atoms with E-state index in [0.717, 1.165) is 13.0 Å². The van der Waals surface area contributed by atoms with E-state index in [0.29, 0.717) is 11.9 Å². The molecule has 1 saturated heterocycles. The van der Waals surface area contributed by atoms with Crippen LogP contribution in [0.25, 0.3) is 0 Å². The summed E-state index contributed by atoms with van der Waals surface area (Å²) in [4.78, 5) is 13.8. The molecule has 1 aromatic rings.